The second-order valence-corrected chi connectivity index (χ2v) is 8.29. The van der Waals surface area contributed by atoms with Crippen LogP contribution in [0.1, 0.15) is 15.9 Å². The van der Waals surface area contributed by atoms with Gasteiger partial charge < -0.3 is 20.3 Å². The van der Waals surface area contributed by atoms with Gasteiger partial charge in [-0.25, -0.2) is 0 Å². The van der Waals surface area contributed by atoms with Gasteiger partial charge in [0.05, 0.1) is 13.2 Å². The Morgan fingerprint density at radius 2 is 1.36 bits per heavy atom. The van der Waals surface area contributed by atoms with Crippen LogP contribution in [-0.2, 0) is 11.2 Å². The number of nitrogens with one attached hydrogen (secondary N) is 2. The van der Waals surface area contributed by atoms with Crippen molar-refractivity contribution in [2.24, 2.45) is 0 Å². The third-order valence-electron chi connectivity index (χ3n) is 5.67. The maximum absolute atomic E-state index is 12.7. The Morgan fingerprint density at radius 1 is 0.750 bits per heavy atom. The molecule has 0 spiro atoms. The Bertz CT molecular complexity index is 1260. The van der Waals surface area contributed by atoms with Crippen molar-refractivity contribution in [2.75, 3.05) is 35.7 Å². The molecule has 0 fully saturated rings. The summed E-state index contributed by atoms with van der Waals surface area (Å²) in [5.74, 6) is 0.486. The molecule has 0 unspecified atom stereocenters. The predicted molar refractivity (Wildman–Crippen MR) is 145 cm³/mol. The van der Waals surface area contributed by atoms with Crippen molar-refractivity contribution in [3.63, 3.8) is 0 Å². The van der Waals surface area contributed by atoms with E-state index in [-0.39, 0.29) is 18.4 Å². The molecule has 182 valence electrons. The summed E-state index contributed by atoms with van der Waals surface area (Å²) in [4.78, 5) is 26.7. The number of hydrogen-bond acceptors (Lipinski definition) is 4. The normalized spacial score (nSPS) is 10.4. The highest BCUT2D eigenvalue weighted by Crippen LogP contribution is 2.18. The van der Waals surface area contributed by atoms with Crippen molar-refractivity contribution in [3.8, 4) is 5.75 Å². The van der Waals surface area contributed by atoms with Gasteiger partial charge in [0.15, 0.2) is 0 Å². The summed E-state index contributed by atoms with van der Waals surface area (Å²) in [5.41, 5.74) is 4.05. The number of nitrogens with zero attached hydrogens (tertiary/aromatic N) is 1. The zero-order valence-electron chi connectivity index (χ0n) is 20.2. The van der Waals surface area contributed by atoms with Crippen molar-refractivity contribution in [1.29, 1.82) is 0 Å². The van der Waals surface area contributed by atoms with Crippen molar-refractivity contribution in [3.05, 3.63) is 120 Å². The summed E-state index contributed by atoms with van der Waals surface area (Å²) >= 11 is 0. The molecule has 2 amide bonds. The molecule has 0 aliphatic carbocycles. The average Bonchev–Trinajstić information content (AvgIpc) is 2.93. The lowest BCUT2D eigenvalue weighted by Crippen LogP contribution is -2.26. The van der Waals surface area contributed by atoms with Crippen LogP contribution < -0.4 is 20.3 Å². The molecule has 0 aliphatic rings. The summed E-state index contributed by atoms with van der Waals surface area (Å²) in [6, 6.07) is 34.1. The molecule has 4 aromatic carbocycles. The molecule has 0 aliphatic heterocycles. The number of benzene rings is 4. The monoisotopic (exact) mass is 479 g/mol. The molecule has 0 aromatic heterocycles. The van der Waals surface area contributed by atoms with Gasteiger partial charge >= 0.3 is 0 Å². The van der Waals surface area contributed by atoms with E-state index in [1.807, 2.05) is 72.8 Å². The summed E-state index contributed by atoms with van der Waals surface area (Å²) < 4.78 is 5.80. The number of ether oxygens (including phenoxy) is 1. The number of amides is 2. The fourth-order valence-electron chi connectivity index (χ4n) is 3.65. The van der Waals surface area contributed by atoms with E-state index >= 15 is 0 Å². The summed E-state index contributed by atoms with van der Waals surface area (Å²) in [7, 11) is 1.74. The number of anilines is 3. The summed E-state index contributed by atoms with van der Waals surface area (Å²) in [5, 5.41) is 5.95. The van der Waals surface area contributed by atoms with Crippen LogP contribution in [0.25, 0.3) is 0 Å². The molecule has 4 aromatic rings. The number of rotatable bonds is 10. The highest BCUT2D eigenvalue weighted by Gasteiger charge is 2.13. The molecule has 0 atom stereocenters. The molecule has 6 nitrogen and oxygen atoms in total. The van der Waals surface area contributed by atoms with E-state index < -0.39 is 0 Å². The molecule has 36 heavy (non-hydrogen) atoms. The smallest absolute Gasteiger partial charge is 0.258 e. The molecule has 4 rings (SSSR count). The van der Waals surface area contributed by atoms with Gasteiger partial charge in [0.25, 0.3) is 5.91 Å². The lowest BCUT2D eigenvalue weighted by Gasteiger charge is -2.17. The SMILES string of the molecule is CN(C(=O)c1ccc(NC(=O)CNc2ccc(OCCc3ccccc3)cc2)cc1)c1ccccc1. The highest BCUT2D eigenvalue weighted by atomic mass is 16.5. The fourth-order valence-corrected chi connectivity index (χ4v) is 3.65. The number of para-hydroxylation sites is 1. The van der Waals surface area contributed by atoms with Gasteiger partial charge in [-0.1, -0.05) is 48.5 Å². The van der Waals surface area contributed by atoms with Crippen molar-refractivity contribution in [2.45, 2.75) is 6.42 Å². The average molecular weight is 480 g/mol. The molecular weight excluding hydrogens is 450 g/mol. The minimum Gasteiger partial charge on any atom is -0.493 e. The van der Waals surface area contributed by atoms with E-state index in [2.05, 4.69) is 22.8 Å². The molecule has 2 N–H and O–H groups in total. The Kier molecular flexibility index (Phi) is 8.33. The second-order valence-electron chi connectivity index (χ2n) is 8.29. The van der Waals surface area contributed by atoms with Crippen LogP contribution in [0.5, 0.6) is 5.75 Å². The van der Waals surface area contributed by atoms with Crippen LogP contribution >= 0.6 is 0 Å². The lowest BCUT2D eigenvalue weighted by molar-refractivity contribution is -0.114. The molecule has 0 bridgehead atoms. The van der Waals surface area contributed by atoms with Crippen LogP contribution in [0.2, 0.25) is 0 Å². The molecule has 0 radical (unpaired) electrons. The number of carbonyl (C=O) groups is 2. The Balaban J connectivity index is 1.21. The van der Waals surface area contributed by atoms with E-state index in [1.54, 1.807) is 36.2 Å². The van der Waals surface area contributed by atoms with Gasteiger partial charge in [-0.3, -0.25) is 9.59 Å². The topological polar surface area (TPSA) is 70.7 Å². The van der Waals surface area contributed by atoms with E-state index in [0.29, 0.717) is 17.9 Å². The van der Waals surface area contributed by atoms with E-state index in [0.717, 1.165) is 23.5 Å². The minimum atomic E-state index is -0.182. The van der Waals surface area contributed by atoms with Gasteiger partial charge in [0.2, 0.25) is 5.91 Å². The number of carbonyl (C=O) groups excluding carboxylic acids is 2. The fraction of sp³-hybridized carbons (Fsp3) is 0.133. The standard InChI is InChI=1S/C30H29N3O3/c1-33(27-10-6-3-7-11-27)30(35)24-12-14-26(15-13-24)32-29(34)22-31-25-16-18-28(19-17-25)36-21-20-23-8-4-2-5-9-23/h2-19,31H,20-22H2,1H3,(H,32,34). The predicted octanol–water partition coefficient (Wildman–Crippen LogP) is 5.64. The van der Waals surface area contributed by atoms with Crippen LogP contribution in [-0.4, -0.2) is 32.0 Å². The third kappa shape index (κ3) is 6.96. The Hall–Kier alpha value is -4.58. The first kappa shape index (κ1) is 24.5. The molecular formula is C30H29N3O3. The highest BCUT2D eigenvalue weighted by molar-refractivity contribution is 6.06. The van der Waals surface area contributed by atoms with Gasteiger partial charge in [0, 0.05) is 36.1 Å². The molecule has 0 saturated carbocycles. The zero-order chi connectivity index (χ0) is 25.2. The lowest BCUT2D eigenvalue weighted by atomic mass is 10.1. The first-order valence-corrected chi connectivity index (χ1v) is 11.8. The van der Waals surface area contributed by atoms with Crippen LogP contribution in [0.15, 0.2) is 109 Å². The van der Waals surface area contributed by atoms with Crippen LogP contribution in [0.3, 0.4) is 0 Å². The third-order valence-corrected chi connectivity index (χ3v) is 5.67. The van der Waals surface area contributed by atoms with Gasteiger partial charge in [0.1, 0.15) is 5.75 Å². The van der Waals surface area contributed by atoms with E-state index in [1.165, 1.54) is 5.56 Å². The minimum absolute atomic E-state index is 0.117. The van der Waals surface area contributed by atoms with E-state index in [9.17, 15) is 9.59 Å². The summed E-state index contributed by atoms with van der Waals surface area (Å²) in [6.45, 7) is 0.720. The second kappa shape index (κ2) is 12.2. The van der Waals surface area contributed by atoms with Gasteiger partial charge in [-0.05, 0) is 66.2 Å². The van der Waals surface area contributed by atoms with Crippen LogP contribution in [0, 0.1) is 0 Å². The maximum atomic E-state index is 12.7. The summed E-state index contributed by atoms with van der Waals surface area (Å²) in [6.07, 6.45) is 0.847. The number of hydrogen-bond donors (Lipinski definition) is 2. The van der Waals surface area contributed by atoms with Crippen molar-refractivity contribution >= 4 is 28.9 Å². The Morgan fingerprint density at radius 3 is 2.03 bits per heavy atom. The zero-order valence-corrected chi connectivity index (χ0v) is 20.2. The Labute approximate surface area is 211 Å². The van der Waals surface area contributed by atoms with Gasteiger partial charge in [-0.2, -0.15) is 0 Å². The first-order valence-electron chi connectivity index (χ1n) is 11.8. The van der Waals surface area contributed by atoms with Gasteiger partial charge in [-0.15, -0.1) is 0 Å². The largest absolute Gasteiger partial charge is 0.493 e. The van der Waals surface area contributed by atoms with Crippen LogP contribution in [0.4, 0.5) is 17.1 Å². The van der Waals surface area contributed by atoms with Crippen molar-refractivity contribution in [1.82, 2.24) is 0 Å². The quantitative estimate of drug-likeness (QED) is 0.309. The molecule has 0 saturated heterocycles. The van der Waals surface area contributed by atoms with E-state index in [4.69, 9.17) is 4.74 Å². The molecule has 6 heteroatoms. The van der Waals surface area contributed by atoms with Crippen molar-refractivity contribution < 1.29 is 14.3 Å². The first-order chi connectivity index (χ1) is 17.6. The molecule has 0 heterocycles. The maximum Gasteiger partial charge on any atom is 0.258 e.